The first-order chi connectivity index (χ1) is 16.7. The Bertz CT molecular complexity index is 1160. The van der Waals surface area contributed by atoms with Gasteiger partial charge >= 0.3 is 41.5 Å². The van der Waals surface area contributed by atoms with E-state index in [1.807, 2.05) is 0 Å². The van der Waals surface area contributed by atoms with Crippen molar-refractivity contribution in [3.8, 4) is 0 Å². The van der Waals surface area contributed by atoms with Gasteiger partial charge in [-0.2, -0.15) is 16.8 Å². The molecule has 222 valence electrons. The van der Waals surface area contributed by atoms with Gasteiger partial charge in [-0.15, -0.1) is 6.58 Å². The summed E-state index contributed by atoms with van der Waals surface area (Å²) in [6, 6.07) is 0. The summed E-state index contributed by atoms with van der Waals surface area (Å²) in [4.78, 5) is 31.0. The van der Waals surface area contributed by atoms with Gasteiger partial charge in [-0.3, -0.25) is 13.9 Å². The van der Waals surface area contributed by atoms with Crippen LogP contribution >= 0.6 is 0 Å². The van der Waals surface area contributed by atoms with E-state index in [1.165, 1.54) is 27.7 Å². The SMILES string of the molecule is C=C(C)C(=O)O.C=C(C)C(=O)OCCS(=O)(=O)O.C=CC(=O)NC(C)(C)CS(=O)(=O)O.C=CCS(=O)(=O)[O-].[Na+]. The Morgan fingerprint density at radius 1 is 0.949 bits per heavy atom. The number of carbonyl (C=O) groups is 3. The predicted octanol–water partition coefficient (Wildman–Crippen LogP) is -2.68. The molecule has 0 atom stereocenters. The van der Waals surface area contributed by atoms with Gasteiger partial charge in [0, 0.05) is 11.1 Å². The molecule has 0 aromatic carbocycles. The number of hydrogen-bond acceptors (Lipinski definition) is 11. The van der Waals surface area contributed by atoms with Crippen molar-refractivity contribution in [3.05, 3.63) is 49.6 Å². The van der Waals surface area contributed by atoms with Gasteiger partial charge in [-0.25, -0.2) is 18.0 Å². The Balaban J connectivity index is -0.000000137. The number of ether oxygens (including phenoxy) is 1. The molecule has 0 bridgehead atoms. The van der Waals surface area contributed by atoms with E-state index in [0.29, 0.717) is 0 Å². The van der Waals surface area contributed by atoms with Gasteiger partial charge < -0.3 is 19.7 Å². The number of carboxylic acids is 1. The topological polar surface area (TPSA) is 259 Å². The van der Waals surface area contributed by atoms with Crippen LogP contribution in [0.3, 0.4) is 0 Å². The molecule has 0 saturated heterocycles. The van der Waals surface area contributed by atoms with Crippen molar-refractivity contribution in [1.82, 2.24) is 5.32 Å². The molecule has 39 heavy (non-hydrogen) atoms. The molecule has 0 aromatic heterocycles. The number of carboxylic acid groups (broad SMARTS) is 1. The Morgan fingerprint density at radius 2 is 1.36 bits per heavy atom. The molecule has 0 fully saturated rings. The standard InChI is InChI=1S/C7H13NO4S.C6H10O5S.C4H6O2.C3H6O3S.Na/c1-4-6(9)8-7(2,3)5-13(10,11)12;1-5(2)6(7)11-3-4-12(8,9)10;1-3(2)4(5)6;1-2-3-7(4,5)6;/h4H,1,5H2,2-3H3,(H,8,9)(H,10,11,12);1,3-4H2,2H3,(H,8,9,10);1H2,2H3,(H,5,6);2H,1,3H2,(H,4,5,6);/q;;;;+1/p-1. The fourth-order valence-corrected chi connectivity index (χ4v) is 2.95. The van der Waals surface area contributed by atoms with E-state index in [9.17, 15) is 44.2 Å². The van der Waals surface area contributed by atoms with Crippen molar-refractivity contribution >= 4 is 48.2 Å². The van der Waals surface area contributed by atoms with Crippen LogP contribution in [0.2, 0.25) is 0 Å². The average Bonchev–Trinajstić information content (AvgIpc) is 2.64. The maximum absolute atomic E-state index is 10.8. The average molecular weight is 632 g/mol. The van der Waals surface area contributed by atoms with Crippen LogP contribution in [0.5, 0.6) is 0 Å². The summed E-state index contributed by atoms with van der Waals surface area (Å²) in [5.74, 6) is -3.68. The minimum Gasteiger partial charge on any atom is -0.748 e. The van der Waals surface area contributed by atoms with Crippen molar-refractivity contribution in [2.45, 2.75) is 33.2 Å². The third-order valence-electron chi connectivity index (χ3n) is 2.80. The summed E-state index contributed by atoms with van der Waals surface area (Å²) in [5, 5.41) is 10.3. The quantitative estimate of drug-likeness (QED) is 0.0596. The molecule has 1 amide bonds. The zero-order chi connectivity index (χ0) is 31.5. The van der Waals surface area contributed by atoms with Gasteiger partial charge in [0.15, 0.2) is 0 Å². The second-order valence-corrected chi connectivity index (χ2v) is 12.1. The van der Waals surface area contributed by atoms with E-state index >= 15 is 0 Å². The molecular weight excluding hydrogens is 597 g/mol. The van der Waals surface area contributed by atoms with Crippen molar-refractivity contribution < 1.29 is 92.7 Å². The van der Waals surface area contributed by atoms with Crippen LogP contribution in [0, 0.1) is 0 Å². The van der Waals surface area contributed by atoms with Gasteiger partial charge in [0.1, 0.15) is 12.4 Å². The van der Waals surface area contributed by atoms with Crippen LogP contribution in [0.25, 0.3) is 0 Å². The number of esters is 1. The van der Waals surface area contributed by atoms with Crippen molar-refractivity contribution in [2.24, 2.45) is 0 Å². The van der Waals surface area contributed by atoms with E-state index in [2.05, 4.69) is 36.4 Å². The van der Waals surface area contributed by atoms with E-state index in [1.54, 1.807) is 0 Å². The molecule has 0 saturated carbocycles. The van der Waals surface area contributed by atoms with Gasteiger partial charge in [0.05, 0.1) is 27.2 Å². The maximum Gasteiger partial charge on any atom is 1.00 e. The summed E-state index contributed by atoms with van der Waals surface area (Å²) in [6.07, 6.45) is 2.09. The third-order valence-corrected chi connectivity index (χ3v) is 5.21. The second-order valence-electron chi connectivity index (χ2n) is 7.60. The summed E-state index contributed by atoms with van der Waals surface area (Å²) in [5.41, 5.74) is -0.640. The third kappa shape index (κ3) is 46.3. The maximum atomic E-state index is 10.8. The van der Waals surface area contributed by atoms with Crippen LogP contribution in [0.1, 0.15) is 27.7 Å². The zero-order valence-corrected chi connectivity index (χ0v) is 26.8. The summed E-state index contributed by atoms with van der Waals surface area (Å²) in [6.45, 7) is 18.2. The number of amides is 1. The van der Waals surface area contributed by atoms with Crippen LogP contribution in [-0.2, 0) is 49.5 Å². The number of aliphatic carboxylic acids is 1. The van der Waals surface area contributed by atoms with Crippen LogP contribution < -0.4 is 34.9 Å². The molecule has 0 aliphatic rings. The second kappa shape index (κ2) is 21.9. The molecule has 0 aliphatic heterocycles. The monoisotopic (exact) mass is 631 g/mol. The Morgan fingerprint density at radius 3 is 1.56 bits per heavy atom. The van der Waals surface area contributed by atoms with Gasteiger partial charge in [-0.05, 0) is 33.8 Å². The number of rotatable bonds is 11. The molecule has 4 N–H and O–H groups in total. The van der Waals surface area contributed by atoms with E-state index in [0.717, 1.165) is 12.2 Å². The first-order valence-corrected chi connectivity index (χ1v) is 14.6. The van der Waals surface area contributed by atoms with Gasteiger partial charge in [-0.1, -0.05) is 25.8 Å². The molecule has 0 unspecified atom stereocenters. The molecular formula is C20H34NNaO14S3. The first-order valence-electron chi connectivity index (χ1n) is 9.80. The van der Waals surface area contributed by atoms with Gasteiger partial charge in [0.2, 0.25) is 5.91 Å². The Kier molecular flexibility index (Phi) is 26.3. The molecule has 19 heteroatoms. The van der Waals surface area contributed by atoms with Crippen LogP contribution in [-0.4, -0.2) is 91.3 Å². The van der Waals surface area contributed by atoms with Crippen molar-refractivity contribution in [3.63, 3.8) is 0 Å². The van der Waals surface area contributed by atoms with E-state index in [-0.39, 0.29) is 47.3 Å². The number of nitrogens with one attached hydrogen (secondary N) is 1. The number of hydrogen-bond donors (Lipinski definition) is 4. The fourth-order valence-electron chi connectivity index (χ4n) is 1.38. The molecule has 0 radical (unpaired) electrons. The molecule has 0 spiro atoms. The Labute approximate surface area is 251 Å². The van der Waals surface area contributed by atoms with E-state index in [4.69, 9.17) is 14.2 Å². The summed E-state index contributed by atoms with van der Waals surface area (Å²) in [7, 11) is -12.2. The molecule has 0 rings (SSSR count). The molecule has 0 aliphatic carbocycles. The molecule has 15 nitrogen and oxygen atoms in total. The van der Waals surface area contributed by atoms with Gasteiger partial charge in [0.25, 0.3) is 20.2 Å². The minimum atomic E-state index is -4.08. The smallest absolute Gasteiger partial charge is 0.748 e. The van der Waals surface area contributed by atoms with E-state index < -0.39 is 71.0 Å². The minimum absolute atomic E-state index is 0. The number of carbonyl (C=O) groups excluding carboxylic acids is 2. The molecule has 0 heterocycles. The van der Waals surface area contributed by atoms with Crippen LogP contribution in [0.4, 0.5) is 0 Å². The zero-order valence-electron chi connectivity index (χ0n) is 22.4. The van der Waals surface area contributed by atoms with Crippen LogP contribution in [0.15, 0.2) is 49.6 Å². The normalized spacial score (nSPS) is 10.5. The summed E-state index contributed by atoms with van der Waals surface area (Å²) < 4.78 is 91.2. The Hall–Kier alpha value is -1.90. The fraction of sp³-hybridized carbons (Fsp3) is 0.450. The summed E-state index contributed by atoms with van der Waals surface area (Å²) >= 11 is 0. The largest absolute Gasteiger partial charge is 1.00 e. The first kappa shape index (κ1) is 46.9. The molecule has 0 aromatic rings. The van der Waals surface area contributed by atoms with Crippen molar-refractivity contribution in [1.29, 1.82) is 0 Å². The van der Waals surface area contributed by atoms with Crippen molar-refractivity contribution in [2.75, 3.05) is 23.9 Å². The predicted molar refractivity (Wildman–Crippen MR) is 138 cm³/mol.